The van der Waals surface area contributed by atoms with E-state index >= 15 is 0 Å². The van der Waals surface area contributed by atoms with Crippen LogP contribution >= 0.6 is 0 Å². The van der Waals surface area contributed by atoms with Gasteiger partial charge in [-0.05, 0) is 24.3 Å². The van der Waals surface area contributed by atoms with E-state index < -0.39 is 38.7 Å². The lowest BCUT2D eigenvalue weighted by Gasteiger charge is -2.11. The number of carbonyl (C=O) groups is 1. The van der Waals surface area contributed by atoms with Crippen molar-refractivity contribution in [3.8, 4) is 0 Å². The molecule has 4 rings (SSSR count). The third kappa shape index (κ3) is 3.31. The summed E-state index contributed by atoms with van der Waals surface area (Å²) in [5.74, 6) is -3.46. The summed E-state index contributed by atoms with van der Waals surface area (Å²) in [6.45, 7) is 0. The third-order valence-electron chi connectivity index (χ3n) is 4.11. The van der Waals surface area contributed by atoms with Crippen molar-refractivity contribution >= 4 is 32.5 Å². The Balaban J connectivity index is 1.77. The molecule has 0 atom stereocenters. The number of halogens is 2. The van der Waals surface area contributed by atoms with Crippen LogP contribution in [0.25, 0.3) is 11.0 Å². The van der Waals surface area contributed by atoms with E-state index in [2.05, 4.69) is 19.9 Å². The number of aromatic nitrogens is 4. The summed E-state index contributed by atoms with van der Waals surface area (Å²) in [5, 5.41) is 0.276. The molecule has 0 aliphatic heterocycles. The van der Waals surface area contributed by atoms with Gasteiger partial charge in [-0.1, -0.05) is 0 Å². The number of hydrogen-bond acceptors (Lipinski definition) is 6. The van der Waals surface area contributed by atoms with Gasteiger partial charge in [0.25, 0.3) is 10.0 Å². The zero-order valence-electron chi connectivity index (χ0n) is 14.4. The van der Waals surface area contributed by atoms with Gasteiger partial charge in [-0.15, -0.1) is 0 Å². The average Bonchev–Trinajstić information content (AvgIpc) is 3.15. The van der Waals surface area contributed by atoms with Gasteiger partial charge in [0.2, 0.25) is 5.78 Å². The van der Waals surface area contributed by atoms with Crippen molar-refractivity contribution in [2.45, 2.75) is 4.90 Å². The summed E-state index contributed by atoms with van der Waals surface area (Å²) < 4.78 is 56.1. The van der Waals surface area contributed by atoms with Crippen molar-refractivity contribution in [1.29, 1.82) is 0 Å². The first-order valence-corrected chi connectivity index (χ1v) is 9.59. The summed E-state index contributed by atoms with van der Waals surface area (Å²) in [7, 11) is -4.19. The molecular formula is C18H11F2N5O3S. The highest BCUT2D eigenvalue weighted by Gasteiger charge is 2.26. The van der Waals surface area contributed by atoms with Crippen LogP contribution in [-0.4, -0.2) is 34.1 Å². The first kappa shape index (κ1) is 18.6. The second kappa shape index (κ2) is 7.02. The number of anilines is 1. The smallest absolute Gasteiger partial charge is 0.263 e. The molecule has 146 valence electrons. The molecule has 8 nitrogen and oxygen atoms in total. The zero-order valence-corrected chi connectivity index (χ0v) is 15.2. The monoisotopic (exact) mass is 415 g/mol. The van der Waals surface area contributed by atoms with E-state index in [1.165, 1.54) is 37.1 Å². The van der Waals surface area contributed by atoms with Crippen molar-refractivity contribution < 1.29 is 22.0 Å². The van der Waals surface area contributed by atoms with E-state index in [0.29, 0.717) is 5.65 Å². The van der Waals surface area contributed by atoms with Crippen molar-refractivity contribution in [3.05, 3.63) is 78.1 Å². The Morgan fingerprint density at radius 2 is 1.93 bits per heavy atom. The van der Waals surface area contributed by atoms with Crippen molar-refractivity contribution in [2.24, 2.45) is 0 Å². The Morgan fingerprint density at radius 3 is 2.69 bits per heavy atom. The van der Waals surface area contributed by atoms with Gasteiger partial charge in [-0.2, -0.15) is 0 Å². The van der Waals surface area contributed by atoms with Gasteiger partial charge in [-0.25, -0.2) is 27.2 Å². The number of nitrogens with one attached hydrogen (secondary N) is 2. The summed E-state index contributed by atoms with van der Waals surface area (Å²) in [4.78, 5) is 26.7. The maximum Gasteiger partial charge on any atom is 0.263 e. The van der Waals surface area contributed by atoms with Crippen LogP contribution in [0.2, 0.25) is 0 Å². The maximum absolute atomic E-state index is 15.0. The van der Waals surface area contributed by atoms with Crippen LogP contribution < -0.4 is 4.72 Å². The van der Waals surface area contributed by atoms with Crippen molar-refractivity contribution in [1.82, 2.24) is 19.9 Å². The molecular weight excluding hydrogens is 404 g/mol. The number of ketones is 1. The van der Waals surface area contributed by atoms with Crippen LogP contribution in [0.1, 0.15) is 15.9 Å². The zero-order chi connectivity index (χ0) is 20.6. The van der Waals surface area contributed by atoms with Gasteiger partial charge in [0, 0.05) is 30.2 Å². The SMILES string of the molecule is O=C(c1c(F)ccc(NS(=O)(=O)c2cccnc2)c1F)c1c[nH]c2ncncc12. The normalized spacial score (nSPS) is 11.5. The predicted octanol–water partition coefficient (Wildman–Crippen LogP) is 2.66. The van der Waals surface area contributed by atoms with Crippen molar-refractivity contribution in [3.63, 3.8) is 0 Å². The molecule has 3 aromatic heterocycles. The van der Waals surface area contributed by atoms with E-state index in [-0.39, 0.29) is 15.8 Å². The van der Waals surface area contributed by atoms with Gasteiger partial charge in [-0.3, -0.25) is 14.5 Å². The third-order valence-corrected chi connectivity index (χ3v) is 5.46. The Bertz CT molecular complexity index is 1340. The minimum atomic E-state index is -4.19. The quantitative estimate of drug-likeness (QED) is 0.484. The fraction of sp³-hybridized carbons (Fsp3) is 0. The summed E-state index contributed by atoms with van der Waals surface area (Å²) in [6, 6.07) is 4.36. The lowest BCUT2D eigenvalue weighted by atomic mass is 10.0. The molecule has 29 heavy (non-hydrogen) atoms. The second-order valence-electron chi connectivity index (χ2n) is 5.89. The molecule has 0 amide bonds. The second-order valence-corrected chi connectivity index (χ2v) is 7.58. The van der Waals surface area contributed by atoms with E-state index in [0.717, 1.165) is 18.3 Å². The number of H-pyrrole nitrogens is 1. The number of rotatable bonds is 5. The van der Waals surface area contributed by atoms with Crippen LogP contribution in [0.15, 0.2) is 60.3 Å². The van der Waals surface area contributed by atoms with Gasteiger partial charge in [0.05, 0.1) is 16.8 Å². The molecule has 0 spiro atoms. The van der Waals surface area contributed by atoms with E-state index in [1.54, 1.807) is 0 Å². The molecule has 0 saturated heterocycles. The number of nitrogens with zero attached hydrogens (tertiary/aromatic N) is 3. The van der Waals surface area contributed by atoms with E-state index in [1.807, 2.05) is 4.72 Å². The number of hydrogen-bond donors (Lipinski definition) is 2. The lowest BCUT2D eigenvalue weighted by molar-refractivity contribution is 0.103. The first-order valence-electron chi connectivity index (χ1n) is 8.11. The summed E-state index contributed by atoms with van der Waals surface area (Å²) >= 11 is 0. The number of fused-ring (bicyclic) bond motifs is 1. The molecule has 0 aliphatic rings. The largest absolute Gasteiger partial charge is 0.345 e. The standard InChI is InChI=1S/C18H11F2N5O3S/c19-13-3-4-14(25-29(27,28)10-2-1-5-21-6-10)16(20)15(13)17(26)11-8-23-18-12(11)7-22-9-24-18/h1-9,25H,(H,22,23,24). The first-order chi connectivity index (χ1) is 13.9. The fourth-order valence-electron chi connectivity index (χ4n) is 2.73. The van der Waals surface area contributed by atoms with E-state index in [9.17, 15) is 22.0 Å². The molecule has 0 saturated carbocycles. The molecule has 0 aliphatic carbocycles. The lowest BCUT2D eigenvalue weighted by Crippen LogP contribution is -2.16. The number of pyridine rings is 1. The maximum atomic E-state index is 15.0. The highest BCUT2D eigenvalue weighted by Crippen LogP contribution is 2.27. The highest BCUT2D eigenvalue weighted by atomic mass is 32.2. The van der Waals surface area contributed by atoms with Crippen LogP contribution in [0.5, 0.6) is 0 Å². The Kier molecular flexibility index (Phi) is 4.51. The molecule has 0 radical (unpaired) electrons. The molecule has 4 aromatic rings. The molecule has 2 N–H and O–H groups in total. The topological polar surface area (TPSA) is 118 Å². The van der Waals surface area contributed by atoms with Crippen LogP contribution in [-0.2, 0) is 10.0 Å². The predicted molar refractivity (Wildman–Crippen MR) is 98.7 cm³/mol. The average molecular weight is 415 g/mol. The Hall–Kier alpha value is -3.73. The number of benzene rings is 1. The summed E-state index contributed by atoms with van der Waals surface area (Å²) in [5.41, 5.74) is -1.21. The van der Waals surface area contributed by atoms with Crippen LogP contribution in [0.3, 0.4) is 0 Å². The van der Waals surface area contributed by atoms with Crippen molar-refractivity contribution in [2.75, 3.05) is 4.72 Å². The van der Waals surface area contributed by atoms with E-state index in [4.69, 9.17) is 0 Å². The van der Waals surface area contributed by atoms with Crippen LogP contribution in [0.4, 0.5) is 14.5 Å². The van der Waals surface area contributed by atoms with Crippen LogP contribution in [0, 0.1) is 11.6 Å². The number of sulfonamides is 1. The van der Waals surface area contributed by atoms with Gasteiger partial charge < -0.3 is 4.98 Å². The minimum Gasteiger partial charge on any atom is -0.345 e. The fourth-order valence-corrected chi connectivity index (χ4v) is 3.75. The Labute approximate surface area is 162 Å². The molecule has 0 unspecified atom stereocenters. The molecule has 1 aromatic carbocycles. The van der Waals surface area contributed by atoms with Gasteiger partial charge >= 0.3 is 0 Å². The number of carbonyl (C=O) groups excluding carboxylic acids is 1. The van der Waals surface area contributed by atoms with Gasteiger partial charge in [0.15, 0.2) is 5.82 Å². The number of aromatic amines is 1. The molecule has 3 heterocycles. The molecule has 0 fully saturated rings. The Morgan fingerprint density at radius 1 is 1.10 bits per heavy atom. The minimum absolute atomic E-state index is 0.0503. The highest BCUT2D eigenvalue weighted by molar-refractivity contribution is 7.92. The molecule has 11 heteroatoms. The van der Waals surface area contributed by atoms with Gasteiger partial charge in [0.1, 0.15) is 22.7 Å². The summed E-state index contributed by atoms with van der Waals surface area (Å²) in [6.07, 6.45) is 6.28. The molecule has 0 bridgehead atoms.